The average Bonchev–Trinajstić information content (AvgIpc) is 2.86. The Kier molecular flexibility index (Phi) is 26.6. The fourth-order valence-corrected chi connectivity index (χ4v) is 4.33. The Hall–Kier alpha value is -1.13. The van der Waals surface area contributed by atoms with Gasteiger partial charge in [0.05, 0.1) is 18.8 Å². The second-order valence-corrected chi connectivity index (χ2v) is 10.2. The van der Waals surface area contributed by atoms with Gasteiger partial charge in [0.15, 0.2) is 0 Å². The van der Waals surface area contributed by atoms with Gasteiger partial charge >= 0.3 is 0 Å². The molecule has 2 unspecified atom stereocenters. The van der Waals surface area contributed by atoms with Crippen LogP contribution in [0.2, 0.25) is 0 Å². The van der Waals surface area contributed by atoms with E-state index in [4.69, 9.17) is 0 Å². The van der Waals surface area contributed by atoms with E-state index >= 15 is 0 Å². The Morgan fingerprint density at radius 2 is 1.17 bits per heavy atom. The lowest BCUT2D eigenvalue weighted by Gasteiger charge is -2.22. The van der Waals surface area contributed by atoms with E-state index in [0.29, 0.717) is 12.8 Å². The monoisotopic (exact) mass is 493 g/mol. The van der Waals surface area contributed by atoms with Crippen LogP contribution in [-0.2, 0) is 4.79 Å². The fourth-order valence-electron chi connectivity index (χ4n) is 4.33. The minimum atomic E-state index is -0.658. The highest BCUT2D eigenvalue weighted by molar-refractivity contribution is 5.76. The van der Waals surface area contributed by atoms with E-state index in [1.54, 1.807) is 0 Å². The summed E-state index contributed by atoms with van der Waals surface area (Å²) in [6.45, 7) is 4.27. The van der Waals surface area contributed by atoms with Crippen LogP contribution >= 0.6 is 0 Å². The third-order valence-corrected chi connectivity index (χ3v) is 6.72. The smallest absolute Gasteiger partial charge is 0.220 e. The van der Waals surface area contributed by atoms with Gasteiger partial charge in [-0.3, -0.25) is 4.79 Å². The summed E-state index contributed by atoms with van der Waals surface area (Å²) in [5.41, 5.74) is 0. The Morgan fingerprint density at radius 1 is 0.686 bits per heavy atom. The predicted molar refractivity (Wildman–Crippen MR) is 152 cm³/mol. The molecule has 3 N–H and O–H groups in total. The van der Waals surface area contributed by atoms with Crippen LogP contribution in [0, 0.1) is 0 Å². The van der Waals surface area contributed by atoms with Crippen molar-refractivity contribution in [1.29, 1.82) is 0 Å². The molecule has 0 rings (SSSR count). The molecular weight excluding hydrogens is 434 g/mol. The molecule has 0 aliphatic carbocycles. The van der Waals surface area contributed by atoms with E-state index in [0.717, 1.165) is 44.9 Å². The number of nitrogens with one attached hydrogen (secondary N) is 1. The number of carbonyl (C=O) groups excluding carboxylic acids is 1. The van der Waals surface area contributed by atoms with Gasteiger partial charge in [0.2, 0.25) is 5.91 Å². The first kappa shape index (κ1) is 33.9. The maximum atomic E-state index is 12.2. The number of carbonyl (C=O) groups is 1. The Labute approximate surface area is 218 Å². The molecule has 0 aromatic rings. The molecule has 0 aromatic carbocycles. The molecule has 0 saturated carbocycles. The summed E-state index contributed by atoms with van der Waals surface area (Å²) in [5, 5.41) is 22.7. The molecule has 0 aliphatic rings. The zero-order valence-corrected chi connectivity index (χ0v) is 23.3. The summed E-state index contributed by atoms with van der Waals surface area (Å²) in [6.07, 6.45) is 32.2. The molecule has 4 heteroatoms. The van der Waals surface area contributed by atoms with Crippen LogP contribution < -0.4 is 5.32 Å². The lowest BCUT2D eigenvalue weighted by atomic mass is 10.0. The number of amides is 1. The van der Waals surface area contributed by atoms with Crippen LogP contribution in [0.25, 0.3) is 0 Å². The average molecular weight is 494 g/mol. The minimum absolute atomic E-state index is 0.0518. The Morgan fingerprint density at radius 3 is 1.74 bits per heavy atom. The number of allylic oxidation sites excluding steroid dienone is 4. The van der Waals surface area contributed by atoms with E-state index in [2.05, 4.69) is 43.5 Å². The maximum absolute atomic E-state index is 12.2. The zero-order chi connectivity index (χ0) is 25.8. The summed E-state index contributed by atoms with van der Waals surface area (Å²) >= 11 is 0. The molecule has 0 radical (unpaired) electrons. The SMILES string of the molecule is CCCCCC/C=C\C/C=C\CCCCCCCC(=O)NC(CO)C(O)CCCCCCCCC. The van der Waals surface area contributed by atoms with Gasteiger partial charge in [-0.15, -0.1) is 0 Å². The summed E-state index contributed by atoms with van der Waals surface area (Å²) in [4.78, 5) is 12.2. The number of hydrogen-bond acceptors (Lipinski definition) is 3. The Balaban J connectivity index is 3.63. The second-order valence-electron chi connectivity index (χ2n) is 10.2. The summed E-state index contributed by atoms with van der Waals surface area (Å²) in [7, 11) is 0. The summed E-state index contributed by atoms with van der Waals surface area (Å²) in [5.74, 6) is -0.0518. The van der Waals surface area contributed by atoms with E-state index in [1.807, 2.05) is 0 Å². The molecular formula is C31H59NO3. The lowest BCUT2D eigenvalue weighted by molar-refractivity contribution is -0.123. The summed E-state index contributed by atoms with van der Waals surface area (Å²) < 4.78 is 0. The first-order chi connectivity index (χ1) is 17.2. The van der Waals surface area contributed by atoms with Gasteiger partial charge < -0.3 is 15.5 Å². The highest BCUT2D eigenvalue weighted by Gasteiger charge is 2.19. The van der Waals surface area contributed by atoms with Crippen LogP contribution in [0.4, 0.5) is 0 Å². The topological polar surface area (TPSA) is 69.6 Å². The van der Waals surface area contributed by atoms with Crippen molar-refractivity contribution in [3.63, 3.8) is 0 Å². The van der Waals surface area contributed by atoms with E-state index in [1.165, 1.54) is 77.0 Å². The second kappa shape index (κ2) is 27.5. The standard InChI is InChI=1S/C31H59NO3/c1-3-5-7-9-11-12-13-14-15-16-17-18-19-21-23-25-27-31(35)32-29(28-33)30(34)26-24-22-20-10-8-6-4-2/h12-13,15-16,29-30,33-34H,3-11,14,17-28H2,1-2H3,(H,32,35)/b13-12-,16-15-. The van der Waals surface area contributed by atoms with Crippen LogP contribution in [0.15, 0.2) is 24.3 Å². The molecule has 35 heavy (non-hydrogen) atoms. The van der Waals surface area contributed by atoms with Gasteiger partial charge in [0, 0.05) is 6.42 Å². The van der Waals surface area contributed by atoms with Gasteiger partial charge in [0.25, 0.3) is 0 Å². The van der Waals surface area contributed by atoms with Crippen molar-refractivity contribution in [2.24, 2.45) is 0 Å². The molecule has 0 bridgehead atoms. The number of aliphatic hydroxyl groups excluding tert-OH is 2. The van der Waals surface area contributed by atoms with Gasteiger partial charge in [-0.05, 0) is 44.9 Å². The van der Waals surface area contributed by atoms with Crippen LogP contribution in [0.1, 0.15) is 149 Å². The summed E-state index contributed by atoms with van der Waals surface area (Å²) in [6, 6.07) is -0.537. The van der Waals surface area contributed by atoms with E-state index < -0.39 is 12.1 Å². The van der Waals surface area contributed by atoms with Crippen molar-refractivity contribution in [3.05, 3.63) is 24.3 Å². The molecule has 4 nitrogen and oxygen atoms in total. The van der Waals surface area contributed by atoms with Gasteiger partial charge in [-0.25, -0.2) is 0 Å². The maximum Gasteiger partial charge on any atom is 0.220 e. The molecule has 1 amide bonds. The van der Waals surface area contributed by atoms with E-state index in [-0.39, 0.29) is 12.5 Å². The van der Waals surface area contributed by atoms with Crippen molar-refractivity contribution in [1.82, 2.24) is 5.32 Å². The van der Waals surface area contributed by atoms with Crippen molar-refractivity contribution < 1.29 is 15.0 Å². The highest BCUT2D eigenvalue weighted by atomic mass is 16.3. The third-order valence-electron chi connectivity index (χ3n) is 6.72. The van der Waals surface area contributed by atoms with Crippen molar-refractivity contribution in [2.45, 2.75) is 161 Å². The van der Waals surface area contributed by atoms with E-state index in [9.17, 15) is 15.0 Å². The molecule has 0 saturated heterocycles. The fraction of sp³-hybridized carbons (Fsp3) is 0.839. The predicted octanol–water partition coefficient (Wildman–Crippen LogP) is 8.17. The van der Waals surface area contributed by atoms with Crippen molar-refractivity contribution in [2.75, 3.05) is 6.61 Å². The molecule has 0 fully saturated rings. The zero-order valence-electron chi connectivity index (χ0n) is 23.3. The van der Waals surface area contributed by atoms with Crippen molar-refractivity contribution >= 4 is 5.91 Å². The third kappa shape index (κ3) is 24.3. The molecule has 0 aromatic heterocycles. The van der Waals surface area contributed by atoms with Crippen molar-refractivity contribution in [3.8, 4) is 0 Å². The molecule has 0 aliphatic heterocycles. The molecule has 0 spiro atoms. The number of unbranched alkanes of at least 4 members (excludes halogenated alkanes) is 15. The normalized spacial score (nSPS) is 13.6. The van der Waals surface area contributed by atoms with Crippen LogP contribution in [0.5, 0.6) is 0 Å². The molecule has 0 heterocycles. The number of aliphatic hydroxyl groups is 2. The first-order valence-corrected chi connectivity index (χ1v) is 15.0. The number of rotatable bonds is 26. The first-order valence-electron chi connectivity index (χ1n) is 15.0. The quantitative estimate of drug-likeness (QED) is 0.0840. The Bertz CT molecular complexity index is 503. The minimum Gasteiger partial charge on any atom is -0.394 e. The highest BCUT2D eigenvalue weighted by Crippen LogP contribution is 2.12. The van der Waals surface area contributed by atoms with Gasteiger partial charge in [-0.2, -0.15) is 0 Å². The largest absolute Gasteiger partial charge is 0.394 e. The van der Waals surface area contributed by atoms with Crippen LogP contribution in [0.3, 0.4) is 0 Å². The van der Waals surface area contributed by atoms with Gasteiger partial charge in [0.1, 0.15) is 0 Å². The molecule has 206 valence electrons. The van der Waals surface area contributed by atoms with Crippen LogP contribution in [-0.4, -0.2) is 34.9 Å². The number of hydrogen-bond donors (Lipinski definition) is 3. The molecule has 2 atom stereocenters. The lowest BCUT2D eigenvalue weighted by Crippen LogP contribution is -2.45. The van der Waals surface area contributed by atoms with Gasteiger partial charge in [-0.1, -0.05) is 122 Å².